The Morgan fingerprint density at radius 3 is 2.61 bits per heavy atom. The van der Waals surface area contributed by atoms with Crippen molar-refractivity contribution in [3.8, 4) is 0 Å². The predicted molar refractivity (Wildman–Crippen MR) is 128 cm³/mol. The van der Waals surface area contributed by atoms with Crippen LogP contribution in [0.2, 0.25) is 10.0 Å². The van der Waals surface area contributed by atoms with Gasteiger partial charge in [-0.2, -0.15) is 0 Å². The van der Waals surface area contributed by atoms with Crippen molar-refractivity contribution in [2.75, 3.05) is 39.4 Å². The van der Waals surface area contributed by atoms with Crippen LogP contribution in [0.5, 0.6) is 0 Å². The second-order valence-corrected chi connectivity index (χ2v) is 9.38. The summed E-state index contributed by atoms with van der Waals surface area (Å²) in [6, 6.07) is 10.1. The van der Waals surface area contributed by atoms with Gasteiger partial charge in [-0.15, -0.1) is 0 Å². The smallest absolute Gasteiger partial charge is 0.290 e. The van der Waals surface area contributed by atoms with Crippen LogP contribution in [0.4, 0.5) is 0 Å². The Bertz CT molecular complexity index is 1280. The first kappa shape index (κ1) is 22.4. The molecular weight excluding hydrogens is 463 g/mol. The van der Waals surface area contributed by atoms with E-state index in [1.54, 1.807) is 29.2 Å². The molecule has 1 fully saturated rings. The van der Waals surface area contributed by atoms with Crippen molar-refractivity contribution in [3.05, 3.63) is 79.1 Å². The highest BCUT2D eigenvalue weighted by molar-refractivity contribution is 6.32. The van der Waals surface area contributed by atoms with E-state index in [4.69, 9.17) is 32.4 Å². The van der Waals surface area contributed by atoms with Gasteiger partial charge in [-0.25, -0.2) is 0 Å². The van der Waals surface area contributed by atoms with Crippen LogP contribution in [0.1, 0.15) is 39.7 Å². The van der Waals surface area contributed by atoms with E-state index in [2.05, 4.69) is 4.90 Å². The summed E-state index contributed by atoms with van der Waals surface area (Å²) in [6.07, 6.45) is 0.773. The summed E-state index contributed by atoms with van der Waals surface area (Å²) in [6.45, 7) is 6.41. The number of hydrogen-bond acceptors (Lipinski definition) is 5. The largest absolute Gasteiger partial charge is 0.450 e. The minimum atomic E-state index is -0.559. The average Bonchev–Trinajstić information content (AvgIpc) is 3.08. The van der Waals surface area contributed by atoms with Gasteiger partial charge in [-0.05, 0) is 48.7 Å². The number of rotatable bonds is 5. The Labute approximate surface area is 201 Å². The van der Waals surface area contributed by atoms with Crippen LogP contribution in [-0.4, -0.2) is 55.1 Å². The molecule has 3 aromatic rings. The van der Waals surface area contributed by atoms with Crippen molar-refractivity contribution >= 4 is 40.1 Å². The highest BCUT2D eigenvalue weighted by Gasteiger charge is 2.42. The highest BCUT2D eigenvalue weighted by atomic mass is 35.5. The minimum absolute atomic E-state index is 0.102. The van der Waals surface area contributed by atoms with Crippen LogP contribution < -0.4 is 5.43 Å². The fourth-order valence-corrected chi connectivity index (χ4v) is 5.05. The van der Waals surface area contributed by atoms with Gasteiger partial charge in [0.05, 0.1) is 30.2 Å². The molecule has 3 heterocycles. The Morgan fingerprint density at radius 1 is 1.06 bits per heavy atom. The zero-order valence-electron chi connectivity index (χ0n) is 18.3. The molecule has 1 atom stereocenters. The molecule has 172 valence electrons. The van der Waals surface area contributed by atoms with Crippen molar-refractivity contribution in [2.45, 2.75) is 19.4 Å². The molecule has 2 aliphatic rings. The highest BCUT2D eigenvalue weighted by Crippen LogP contribution is 2.39. The van der Waals surface area contributed by atoms with Crippen LogP contribution in [0, 0.1) is 6.92 Å². The van der Waals surface area contributed by atoms with Gasteiger partial charge in [-0.3, -0.25) is 14.5 Å². The molecule has 33 heavy (non-hydrogen) atoms. The molecule has 0 radical (unpaired) electrons. The van der Waals surface area contributed by atoms with Crippen LogP contribution >= 0.6 is 23.2 Å². The molecule has 8 heteroatoms. The number of carbonyl (C=O) groups excluding carboxylic acids is 1. The number of fused-ring (bicyclic) bond motifs is 2. The summed E-state index contributed by atoms with van der Waals surface area (Å²) >= 11 is 12.6. The second kappa shape index (κ2) is 9.11. The first-order valence-corrected chi connectivity index (χ1v) is 11.8. The summed E-state index contributed by atoms with van der Waals surface area (Å²) in [5, 5.41) is 1.41. The monoisotopic (exact) mass is 486 g/mol. The van der Waals surface area contributed by atoms with E-state index < -0.39 is 6.04 Å². The topological polar surface area (TPSA) is 63.0 Å². The fraction of sp³-hybridized carbons (Fsp3) is 0.360. The van der Waals surface area contributed by atoms with E-state index in [9.17, 15) is 9.59 Å². The number of amides is 1. The Kier molecular flexibility index (Phi) is 6.18. The molecule has 0 bridgehead atoms. The zero-order chi connectivity index (χ0) is 23.1. The molecule has 2 aliphatic heterocycles. The quantitative estimate of drug-likeness (QED) is 0.523. The maximum atomic E-state index is 13.6. The molecule has 0 N–H and O–H groups in total. The lowest BCUT2D eigenvalue weighted by Gasteiger charge is -2.29. The van der Waals surface area contributed by atoms with Gasteiger partial charge in [-0.1, -0.05) is 35.3 Å². The van der Waals surface area contributed by atoms with Crippen LogP contribution in [0.25, 0.3) is 11.0 Å². The summed E-state index contributed by atoms with van der Waals surface area (Å²) in [7, 11) is 0. The normalized spacial score (nSPS) is 18.8. The molecular formula is C25H24Cl2N2O4. The third-order valence-corrected chi connectivity index (χ3v) is 7.03. The van der Waals surface area contributed by atoms with Gasteiger partial charge in [0.1, 0.15) is 5.58 Å². The van der Waals surface area contributed by atoms with E-state index in [-0.39, 0.29) is 17.1 Å². The summed E-state index contributed by atoms with van der Waals surface area (Å²) in [5.74, 6) is -0.172. The lowest BCUT2D eigenvalue weighted by atomic mass is 9.98. The lowest BCUT2D eigenvalue weighted by molar-refractivity contribution is 0.0353. The van der Waals surface area contributed by atoms with Gasteiger partial charge in [0.2, 0.25) is 5.76 Å². The van der Waals surface area contributed by atoms with Gasteiger partial charge < -0.3 is 14.1 Å². The Morgan fingerprint density at radius 2 is 1.85 bits per heavy atom. The number of morpholine rings is 1. The lowest BCUT2D eigenvalue weighted by Crippen LogP contribution is -2.38. The molecule has 1 amide bonds. The first-order chi connectivity index (χ1) is 15.9. The summed E-state index contributed by atoms with van der Waals surface area (Å²) in [5.41, 5.74) is 2.05. The molecule has 0 saturated carbocycles. The van der Waals surface area contributed by atoms with Crippen LogP contribution in [0.15, 0.2) is 45.6 Å². The third kappa shape index (κ3) is 4.17. The second-order valence-electron chi connectivity index (χ2n) is 8.54. The van der Waals surface area contributed by atoms with Gasteiger partial charge in [0, 0.05) is 36.2 Å². The minimum Gasteiger partial charge on any atom is -0.450 e. The number of aryl methyl sites for hydroxylation is 1. The van der Waals surface area contributed by atoms with Crippen molar-refractivity contribution in [1.29, 1.82) is 0 Å². The van der Waals surface area contributed by atoms with E-state index >= 15 is 0 Å². The van der Waals surface area contributed by atoms with E-state index in [0.717, 1.165) is 50.4 Å². The average molecular weight is 487 g/mol. The van der Waals surface area contributed by atoms with Crippen molar-refractivity contribution in [3.63, 3.8) is 0 Å². The number of hydrogen-bond donors (Lipinski definition) is 0. The number of nitrogens with zero attached hydrogens (tertiary/aromatic N) is 2. The predicted octanol–water partition coefficient (Wildman–Crippen LogP) is 4.68. The SMILES string of the molecule is Cc1cc2oc3c(c(=O)c2cc1Cl)C(c1cccc(Cl)c1)N(CCCN1CCOCC1)C3=O. The van der Waals surface area contributed by atoms with Crippen LogP contribution in [-0.2, 0) is 4.74 Å². The van der Waals surface area contributed by atoms with Gasteiger partial charge in [0.15, 0.2) is 5.43 Å². The number of halogens is 2. The maximum Gasteiger partial charge on any atom is 0.290 e. The van der Waals surface area contributed by atoms with Crippen LogP contribution in [0.3, 0.4) is 0 Å². The van der Waals surface area contributed by atoms with E-state index in [1.165, 1.54) is 0 Å². The molecule has 1 saturated heterocycles. The van der Waals surface area contributed by atoms with Gasteiger partial charge in [0.25, 0.3) is 5.91 Å². The van der Waals surface area contributed by atoms with E-state index in [0.29, 0.717) is 33.1 Å². The Balaban J connectivity index is 1.56. The standard InChI is InChI=1S/C25H24Cl2N2O4/c1-15-12-20-18(14-19(15)27)23(30)21-22(16-4-2-5-17(26)13-16)29(25(31)24(21)33-20)7-3-6-28-8-10-32-11-9-28/h2,4-5,12-14,22H,3,6-11H2,1H3. The third-order valence-electron chi connectivity index (χ3n) is 6.39. The van der Waals surface area contributed by atoms with E-state index in [1.807, 2.05) is 19.1 Å². The first-order valence-electron chi connectivity index (χ1n) is 11.1. The number of ether oxygens (including phenoxy) is 1. The van der Waals surface area contributed by atoms with Crippen molar-refractivity contribution in [1.82, 2.24) is 9.80 Å². The number of benzene rings is 2. The van der Waals surface area contributed by atoms with Gasteiger partial charge >= 0.3 is 0 Å². The summed E-state index contributed by atoms with van der Waals surface area (Å²) < 4.78 is 11.4. The zero-order valence-corrected chi connectivity index (χ0v) is 19.8. The molecule has 1 aromatic heterocycles. The fourth-order valence-electron chi connectivity index (χ4n) is 4.68. The molecule has 2 aromatic carbocycles. The van der Waals surface area contributed by atoms with Crippen molar-refractivity contribution in [2.24, 2.45) is 0 Å². The molecule has 0 spiro atoms. The number of carbonyl (C=O) groups is 1. The maximum absolute atomic E-state index is 13.6. The molecule has 0 aliphatic carbocycles. The Hall–Kier alpha value is -2.38. The molecule has 6 nitrogen and oxygen atoms in total. The summed E-state index contributed by atoms with van der Waals surface area (Å²) in [4.78, 5) is 31.2. The molecule has 1 unspecified atom stereocenters. The van der Waals surface area contributed by atoms with Crippen molar-refractivity contribution < 1.29 is 13.9 Å². The molecule has 5 rings (SSSR count).